The molecule has 9 heteroatoms. The number of hydrogen-bond acceptors (Lipinski definition) is 7. The SMILES string of the molecule is CN(CC(=O)C1(C)CC1)C(=O)CNC(=O)[C@H](N)COC(=O)CN. The molecule has 0 aromatic heterocycles. The lowest BCUT2D eigenvalue weighted by molar-refractivity contribution is -0.143. The van der Waals surface area contributed by atoms with Gasteiger partial charge in [0.15, 0.2) is 5.78 Å². The van der Waals surface area contributed by atoms with Crippen LogP contribution in [0.25, 0.3) is 0 Å². The van der Waals surface area contributed by atoms with Crippen molar-refractivity contribution < 1.29 is 23.9 Å². The van der Waals surface area contributed by atoms with Crippen LogP contribution in [-0.2, 0) is 23.9 Å². The van der Waals surface area contributed by atoms with Crippen molar-refractivity contribution >= 4 is 23.6 Å². The predicted molar refractivity (Wildman–Crippen MR) is 81.0 cm³/mol. The zero-order chi connectivity index (χ0) is 17.6. The van der Waals surface area contributed by atoms with Gasteiger partial charge < -0.3 is 26.4 Å². The van der Waals surface area contributed by atoms with Crippen molar-refractivity contribution in [3.05, 3.63) is 0 Å². The number of carbonyl (C=O) groups excluding carboxylic acids is 4. The molecule has 1 saturated carbocycles. The monoisotopic (exact) mass is 328 g/mol. The van der Waals surface area contributed by atoms with E-state index in [4.69, 9.17) is 11.5 Å². The zero-order valence-electron chi connectivity index (χ0n) is 13.5. The first-order valence-corrected chi connectivity index (χ1v) is 7.36. The molecule has 0 saturated heterocycles. The molecule has 5 N–H and O–H groups in total. The molecule has 1 fully saturated rings. The number of carbonyl (C=O) groups is 4. The smallest absolute Gasteiger partial charge is 0.319 e. The van der Waals surface area contributed by atoms with Gasteiger partial charge in [-0.15, -0.1) is 0 Å². The number of nitrogens with one attached hydrogen (secondary N) is 1. The molecule has 0 radical (unpaired) electrons. The van der Waals surface area contributed by atoms with E-state index in [9.17, 15) is 19.2 Å². The number of amides is 2. The van der Waals surface area contributed by atoms with Gasteiger partial charge in [0.05, 0.1) is 19.6 Å². The zero-order valence-corrected chi connectivity index (χ0v) is 13.5. The Morgan fingerprint density at radius 1 is 1.30 bits per heavy atom. The van der Waals surface area contributed by atoms with Crippen LogP contribution >= 0.6 is 0 Å². The van der Waals surface area contributed by atoms with Gasteiger partial charge in [-0.1, -0.05) is 6.92 Å². The lowest BCUT2D eigenvalue weighted by Crippen LogP contribution is -2.48. The number of esters is 1. The molecule has 9 nitrogen and oxygen atoms in total. The molecule has 0 aromatic carbocycles. The van der Waals surface area contributed by atoms with Crippen molar-refractivity contribution in [2.24, 2.45) is 16.9 Å². The minimum absolute atomic E-state index is 0.0186. The molecule has 0 aliphatic heterocycles. The lowest BCUT2D eigenvalue weighted by Gasteiger charge is -2.19. The molecule has 0 unspecified atom stereocenters. The Balaban J connectivity index is 2.29. The van der Waals surface area contributed by atoms with Crippen molar-refractivity contribution in [2.75, 3.05) is 33.3 Å². The number of hydrogen-bond donors (Lipinski definition) is 3. The molecule has 1 rings (SSSR count). The maximum Gasteiger partial charge on any atom is 0.319 e. The molecule has 2 amide bonds. The van der Waals surface area contributed by atoms with Gasteiger partial charge in [-0.05, 0) is 12.8 Å². The number of nitrogens with zero attached hydrogens (tertiary/aromatic N) is 1. The molecule has 0 bridgehead atoms. The van der Waals surface area contributed by atoms with E-state index in [0.29, 0.717) is 0 Å². The Morgan fingerprint density at radius 3 is 2.43 bits per heavy atom. The first kappa shape index (κ1) is 19.0. The van der Waals surface area contributed by atoms with E-state index in [1.165, 1.54) is 11.9 Å². The van der Waals surface area contributed by atoms with Gasteiger partial charge in [-0.3, -0.25) is 19.2 Å². The van der Waals surface area contributed by atoms with Crippen molar-refractivity contribution in [2.45, 2.75) is 25.8 Å². The molecule has 1 aliphatic carbocycles. The summed E-state index contributed by atoms with van der Waals surface area (Å²) in [6.45, 7) is 0.994. The molecular formula is C14H24N4O5. The van der Waals surface area contributed by atoms with Gasteiger partial charge in [0.25, 0.3) is 0 Å². The number of likely N-dealkylation sites (N-methyl/N-ethyl adjacent to an activating group) is 1. The number of Topliss-reactive ketones (excluding diaryl/α,β-unsaturated/α-hetero) is 1. The average Bonchev–Trinajstić information content (AvgIpc) is 3.28. The third kappa shape index (κ3) is 5.95. The fraction of sp³-hybridized carbons (Fsp3) is 0.714. The van der Waals surface area contributed by atoms with Crippen LogP contribution < -0.4 is 16.8 Å². The second kappa shape index (κ2) is 8.02. The largest absolute Gasteiger partial charge is 0.463 e. The van der Waals surface area contributed by atoms with Crippen molar-refractivity contribution in [1.29, 1.82) is 0 Å². The summed E-state index contributed by atoms with van der Waals surface area (Å²) in [5.74, 6) is -1.68. The van der Waals surface area contributed by atoms with E-state index in [1.807, 2.05) is 6.92 Å². The Bertz CT molecular complexity index is 490. The summed E-state index contributed by atoms with van der Waals surface area (Å²) >= 11 is 0. The minimum Gasteiger partial charge on any atom is -0.463 e. The van der Waals surface area contributed by atoms with E-state index in [-0.39, 0.29) is 37.4 Å². The highest BCUT2D eigenvalue weighted by atomic mass is 16.5. The molecule has 23 heavy (non-hydrogen) atoms. The summed E-state index contributed by atoms with van der Waals surface area (Å²) in [6.07, 6.45) is 1.70. The first-order valence-electron chi connectivity index (χ1n) is 7.36. The van der Waals surface area contributed by atoms with Gasteiger partial charge in [0.2, 0.25) is 11.8 Å². The third-order valence-corrected chi connectivity index (χ3v) is 3.82. The molecule has 0 heterocycles. The van der Waals surface area contributed by atoms with E-state index < -0.39 is 23.8 Å². The summed E-state index contributed by atoms with van der Waals surface area (Å²) < 4.78 is 4.64. The third-order valence-electron chi connectivity index (χ3n) is 3.82. The van der Waals surface area contributed by atoms with Crippen molar-refractivity contribution in [1.82, 2.24) is 10.2 Å². The summed E-state index contributed by atoms with van der Waals surface area (Å²) in [7, 11) is 1.50. The van der Waals surface area contributed by atoms with Crippen molar-refractivity contribution in [3.8, 4) is 0 Å². The van der Waals surface area contributed by atoms with Gasteiger partial charge >= 0.3 is 5.97 Å². The summed E-state index contributed by atoms with van der Waals surface area (Å²) in [5.41, 5.74) is 10.3. The lowest BCUT2D eigenvalue weighted by atomic mass is 10.0. The summed E-state index contributed by atoms with van der Waals surface area (Å²) in [6, 6.07) is -1.09. The normalized spacial score (nSPS) is 16.2. The highest BCUT2D eigenvalue weighted by Crippen LogP contribution is 2.45. The Kier molecular flexibility index (Phi) is 6.64. The van der Waals surface area contributed by atoms with Crippen LogP contribution in [0.5, 0.6) is 0 Å². The number of rotatable bonds is 9. The highest BCUT2D eigenvalue weighted by Gasteiger charge is 2.44. The Morgan fingerprint density at radius 2 is 1.91 bits per heavy atom. The Hall–Kier alpha value is -2.00. The molecule has 0 spiro atoms. The predicted octanol–water partition coefficient (Wildman–Crippen LogP) is -2.24. The number of nitrogens with two attached hydrogens (primary N) is 2. The number of ketones is 1. The number of ether oxygens (including phenoxy) is 1. The molecular weight excluding hydrogens is 304 g/mol. The van der Waals surface area contributed by atoms with Gasteiger partial charge in [0.1, 0.15) is 12.6 Å². The second-order valence-electron chi connectivity index (χ2n) is 5.95. The summed E-state index contributed by atoms with van der Waals surface area (Å²) in [4.78, 5) is 47.6. The van der Waals surface area contributed by atoms with Crippen LogP contribution in [0.2, 0.25) is 0 Å². The van der Waals surface area contributed by atoms with E-state index in [2.05, 4.69) is 10.1 Å². The van der Waals surface area contributed by atoms with Crippen LogP contribution in [0.4, 0.5) is 0 Å². The first-order chi connectivity index (χ1) is 10.7. The standard InChI is InChI=1S/C14H24N4O5/c1-14(3-4-14)10(19)7-18(2)11(20)6-17-13(22)9(16)8-23-12(21)5-15/h9H,3-8,15-16H2,1-2H3,(H,17,22)/t9-/m1/s1. The van der Waals surface area contributed by atoms with Gasteiger partial charge in [-0.2, -0.15) is 0 Å². The topological polar surface area (TPSA) is 145 Å². The van der Waals surface area contributed by atoms with Crippen LogP contribution in [0.3, 0.4) is 0 Å². The Labute approximate surface area is 134 Å². The molecule has 130 valence electrons. The fourth-order valence-corrected chi connectivity index (χ4v) is 1.71. The quantitative estimate of drug-likeness (QED) is 0.406. The molecule has 1 aliphatic rings. The van der Waals surface area contributed by atoms with E-state index in [0.717, 1.165) is 12.8 Å². The van der Waals surface area contributed by atoms with Crippen molar-refractivity contribution in [3.63, 3.8) is 0 Å². The van der Waals surface area contributed by atoms with Crippen LogP contribution in [0, 0.1) is 5.41 Å². The van der Waals surface area contributed by atoms with Gasteiger partial charge in [-0.25, -0.2) is 0 Å². The maximum absolute atomic E-state index is 11.9. The average molecular weight is 328 g/mol. The van der Waals surface area contributed by atoms with E-state index >= 15 is 0 Å². The summed E-state index contributed by atoms with van der Waals surface area (Å²) in [5, 5.41) is 2.34. The molecule has 1 atom stereocenters. The maximum atomic E-state index is 11.9. The van der Waals surface area contributed by atoms with Gasteiger partial charge in [0, 0.05) is 12.5 Å². The minimum atomic E-state index is -1.09. The van der Waals surface area contributed by atoms with E-state index in [1.54, 1.807) is 0 Å². The second-order valence-corrected chi connectivity index (χ2v) is 5.95. The van der Waals surface area contributed by atoms with Crippen LogP contribution in [0.15, 0.2) is 0 Å². The van der Waals surface area contributed by atoms with Crippen LogP contribution in [0.1, 0.15) is 19.8 Å². The molecule has 0 aromatic rings. The fourth-order valence-electron chi connectivity index (χ4n) is 1.71. The highest BCUT2D eigenvalue weighted by molar-refractivity contribution is 5.93. The van der Waals surface area contributed by atoms with Crippen LogP contribution in [-0.4, -0.2) is 67.8 Å².